The van der Waals surface area contributed by atoms with Gasteiger partial charge in [0.1, 0.15) is 11.4 Å². The maximum Gasteiger partial charge on any atom is 0.262 e. The molecule has 0 fully saturated rings. The fourth-order valence-electron chi connectivity index (χ4n) is 1.87. The van der Waals surface area contributed by atoms with E-state index < -0.39 is 0 Å². The van der Waals surface area contributed by atoms with Crippen LogP contribution in [-0.2, 0) is 6.54 Å². The van der Waals surface area contributed by atoms with Gasteiger partial charge in [-0.3, -0.25) is 4.79 Å². The highest BCUT2D eigenvalue weighted by atomic mass is 16.3. The number of aromatic amines is 1. The Morgan fingerprint density at radius 2 is 1.95 bits per heavy atom. The molecule has 0 bridgehead atoms. The van der Waals surface area contributed by atoms with Crippen LogP contribution in [0.4, 0.5) is 0 Å². The van der Waals surface area contributed by atoms with E-state index in [2.05, 4.69) is 15.3 Å². The fourth-order valence-corrected chi connectivity index (χ4v) is 1.87. The monoisotopic (exact) mass is 273 g/mol. The van der Waals surface area contributed by atoms with Gasteiger partial charge in [-0.2, -0.15) is 4.98 Å². The van der Waals surface area contributed by atoms with E-state index in [0.29, 0.717) is 17.9 Å². The molecule has 0 spiro atoms. The molecule has 1 heterocycles. The van der Waals surface area contributed by atoms with E-state index in [0.717, 1.165) is 5.56 Å². The normalized spacial score (nSPS) is 11.0. The quantitative estimate of drug-likeness (QED) is 0.795. The van der Waals surface area contributed by atoms with Crippen molar-refractivity contribution in [2.75, 3.05) is 0 Å². The van der Waals surface area contributed by atoms with Crippen molar-refractivity contribution in [1.82, 2.24) is 15.3 Å². The summed E-state index contributed by atoms with van der Waals surface area (Å²) in [7, 11) is 0. The molecule has 5 heteroatoms. The van der Waals surface area contributed by atoms with Crippen molar-refractivity contribution in [3.63, 3.8) is 0 Å². The van der Waals surface area contributed by atoms with Gasteiger partial charge in [0.25, 0.3) is 5.56 Å². The lowest BCUT2D eigenvalue weighted by atomic mass is 10.1. The number of nitrogens with one attached hydrogen (secondary N) is 2. The van der Waals surface area contributed by atoms with E-state index in [1.54, 1.807) is 12.1 Å². The molecule has 2 aromatic rings. The van der Waals surface area contributed by atoms with Crippen LogP contribution in [-0.4, -0.2) is 21.1 Å². The van der Waals surface area contributed by atoms with Crippen LogP contribution < -0.4 is 10.9 Å². The molecule has 0 atom stereocenters. The minimum Gasteiger partial charge on any atom is -0.493 e. The summed E-state index contributed by atoms with van der Waals surface area (Å²) in [5, 5.41) is 13.1. The van der Waals surface area contributed by atoms with Crippen LogP contribution in [0.15, 0.2) is 29.1 Å². The molecule has 20 heavy (non-hydrogen) atoms. The van der Waals surface area contributed by atoms with Crippen molar-refractivity contribution >= 4 is 0 Å². The third-order valence-corrected chi connectivity index (χ3v) is 2.97. The molecule has 0 unspecified atom stereocenters. The second-order valence-corrected chi connectivity index (χ2v) is 5.11. The first-order valence-corrected chi connectivity index (χ1v) is 6.60. The van der Waals surface area contributed by atoms with E-state index in [1.807, 2.05) is 32.9 Å². The number of nitrogens with zero attached hydrogens (tertiary/aromatic N) is 1. The largest absolute Gasteiger partial charge is 0.493 e. The number of aromatic hydroxyl groups is 1. The molecule has 1 aromatic heterocycles. The average Bonchev–Trinajstić information content (AvgIpc) is 2.38. The van der Waals surface area contributed by atoms with Crippen molar-refractivity contribution in [3.05, 3.63) is 46.0 Å². The number of benzene rings is 1. The zero-order chi connectivity index (χ0) is 14.7. The number of hydrogen-bond donors (Lipinski definition) is 3. The summed E-state index contributed by atoms with van der Waals surface area (Å²) in [5.74, 6) is 0.190. The lowest BCUT2D eigenvalue weighted by molar-refractivity contribution is 0.446. The van der Waals surface area contributed by atoms with Crippen LogP contribution >= 0.6 is 0 Å². The van der Waals surface area contributed by atoms with Gasteiger partial charge < -0.3 is 15.4 Å². The highest BCUT2D eigenvalue weighted by molar-refractivity contribution is 5.67. The van der Waals surface area contributed by atoms with E-state index in [9.17, 15) is 9.90 Å². The Kier molecular flexibility index (Phi) is 4.20. The second-order valence-electron chi connectivity index (χ2n) is 5.11. The molecule has 0 saturated carbocycles. The highest BCUT2D eigenvalue weighted by Gasteiger charge is 2.12. The molecule has 106 valence electrons. The van der Waals surface area contributed by atoms with Crippen molar-refractivity contribution in [2.24, 2.45) is 0 Å². The Bertz CT molecular complexity index is 645. The lowest BCUT2D eigenvalue weighted by Gasteiger charge is -2.09. The molecule has 0 aliphatic carbocycles. The predicted molar refractivity (Wildman–Crippen MR) is 78.7 cm³/mol. The molecule has 0 aliphatic heterocycles. The first kappa shape index (κ1) is 14.3. The number of rotatable bonds is 4. The number of hydrogen-bond acceptors (Lipinski definition) is 4. The van der Waals surface area contributed by atoms with Gasteiger partial charge in [0.2, 0.25) is 5.88 Å². The van der Waals surface area contributed by atoms with Gasteiger partial charge in [-0.25, -0.2) is 0 Å². The number of H-pyrrole nitrogens is 1. The molecular formula is C15H19N3O2. The smallest absolute Gasteiger partial charge is 0.262 e. The Morgan fingerprint density at radius 3 is 2.50 bits per heavy atom. The maximum absolute atomic E-state index is 12.1. The van der Waals surface area contributed by atoms with Crippen molar-refractivity contribution in [2.45, 2.75) is 33.4 Å². The van der Waals surface area contributed by atoms with Gasteiger partial charge in [-0.1, -0.05) is 43.7 Å². The second kappa shape index (κ2) is 5.88. The molecule has 0 saturated heterocycles. The SMILES string of the molecule is Cc1ccc(-c2c(O)nc(CNC(C)C)[nH]c2=O)cc1. The van der Waals surface area contributed by atoms with Crippen molar-refractivity contribution < 1.29 is 5.11 Å². The predicted octanol–water partition coefficient (Wildman–Crippen LogP) is 1.95. The van der Waals surface area contributed by atoms with Crippen LogP contribution in [0.3, 0.4) is 0 Å². The van der Waals surface area contributed by atoms with Gasteiger partial charge in [0, 0.05) is 6.04 Å². The molecule has 3 N–H and O–H groups in total. The molecule has 5 nitrogen and oxygen atoms in total. The fraction of sp³-hybridized carbons (Fsp3) is 0.333. The van der Waals surface area contributed by atoms with E-state index in [1.165, 1.54) is 0 Å². The molecule has 2 rings (SSSR count). The summed E-state index contributed by atoms with van der Waals surface area (Å²) in [6, 6.07) is 7.66. The molecular weight excluding hydrogens is 254 g/mol. The van der Waals surface area contributed by atoms with Gasteiger partial charge in [0.15, 0.2) is 0 Å². The Balaban J connectivity index is 2.36. The van der Waals surface area contributed by atoms with Gasteiger partial charge in [-0.15, -0.1) is 0 Å². The van der Waals surface area contributed by atoms with Crippen LogP contribution in [0.25, 0.3) is 11.1 Å². The molecule has 0 amide bonds. The summed E-state index contributed by atoms with van der Waals surface area (Å²) >= 11 is 0. The van der Waals surface area contributed by atoms with Crippen LogP contribution in [0, 0.1) is 6.92 Å². The summed E-state index contributed by atoms with van der Waals surface area (Å²) in [4.78, 5) is 18.8. The summed E-state index contributed by atoms with van der Waals surface area (Å²) in [6.45, 7) is 6.37. The topological polar surface area (TPSA) is 78.0 Å². The van der Waals surface area contributed by atoms with Gasteiger partial charge in [0.05, 0.1) is 6.54 Å². The minimum absolute atomic E-state index is 0.207. The third kappa shape index (κ3) is 3.24. The average molecular weight is 273 g/mol. The third-order valence-electron chi connectivity index (χ3n) is 2.97. The molecule has 0 aliphatic rings. The number of aryl methyl sites for hydroxylation is 1. The molecule has 1 aromatic carbocycles. The van der Waals surface area contributed by atoms with Crippen molar-refractivity contribution in [3.8, 4) is 17.0 Å². The van der Waals surface area contributed by atoms with Crippen LogP contribution in [0.2, 0.25) is 0 Å². The summed E-state index contributed by atoms with van der Waals surface area (Å²) in [6.07, 6.45) is 0. The Hall–Kier alpha value is -2.14. The van der Waals surface area contributed by atoms with Gasteiger partial charge >= 0.3 is 0 Å². The van der Waals surface area contributed by atoms with Crippen LogP contribution in [0.1, 0.15) is 25.2 Å². The summed E-state index contributed by atoms with van der Waals surface area (Å²) in [5.41, 5.74) is 1.63. The maximum atomic E-state index is 12.1. The highest BCUT2D eigenvalue weighted by Crippen LogP contribution is 2.23. The zero-order valence-electron chi connectivity index (χ0n) is 11.9. The summed E-state index contributed by atoms with van der Waals surface area (Å²) < 4.78 is 0. The lowest BCUT2D eigenvalue weighted by Crippen LogP contribution is -2.25. The molecule has 0 radical (unpaired) electrons. The first-order valence-electron chi connectivity index (χ1n) is 6.60. The Labute approximate surface area is 117 Å². The van der Waals surface area contributed by atoms with Crippen molar-refractivity contribution in [1.29, 1.82) is 0 Å². The van der Waals surface area contributed by atoms with E-state index >= 15 is 0 Å². The van der Waals surface area contributed by atoms with E-state index in [-0.39, 0.29) is 23.0 Å². The van der Waals surface area contributed by atoms with Gasteiger partial charge in [-0.05, 0) is 12.5 Å². The van der Waals surface area contributed by atoms with E-state index in [4.69, 9.17) is 0 Å². The Morgan fingerprint density at radius 1 is 1.30 bits per heavy atom. The minimum atomic E-state index is -0.332. The first-order chi connectivity index (χ1) is 9.47. The number of aromatic nitrogens is 2. The van der Waals surface area contributed by atoms with Crippen LogP contribution in [0.5, 0.6) is 5.88 Å². The standard InChI is InChI=1S/C15H19N3O2/c1-9(2)16-8-12-17-14(19)13(15(20)18-12)11-6-4-10(3)5-7-11/h4-7,9,16H,8H2,1-3H3,(H2,17,18,19,20). The zero-order valence-corrected chi connectivity index (χ0v) is 11.9.